The number of hydrogen-bond donors (Lipinski definition) is 3. The Morgan fingerprint density at radius 2 is 1.67 bits per heavy atom. The summed E-state index contributed by atoms with van der Waals surface area (Å²) in [4.78, 5) is 12.3. The largest absolute Gasteiger partial charge is 0.393 e. The molecule has 21 heavy (non-hydrogen) atoms. The van der Waals surface area contributed by atoms with Gasteiger partial charge in [-0.2, -0.15) is 0 Å². The molecule has 0 spiro atoms. The number of carbonyl (C=O) groups excluding carboxylic acids is 1. The van der Waals surface area contributed by atoms with Gasteiger partial charge in [-0.1, -0.05) is 6.42 Å². The molecule has 2 amide bonds. The molecular formula is C17H28N2O2. The van der Waals surface area contributed by atoms with Crippen molar-refractivity contribution in [1.82, 2.24) is 10.6 Å². The average molecular weight is 292 g/mol. The van der Waals surface area contributed by atoms with E-state index >= 15 is 0 Å². The molecule has 118 valence electrons. The standard InChI is InChI=1S/C17H28N2O2/c20-15-3-1-2-14(15)10-18-16(21)19-17-7-11-4-12(8-17)6-13(5-11)9-17/h11-15,20H,1-10H2,(H2,18,19,21). The van der Waals surface area contributed by atoms with Gasteiger partial charge in [-0.25, -0.2) is 4.79 Å². The molecule has 5 rings (SSSR count). The molecule has 2 atom stereocenters. The van der Waals surface area contributed by atoms with Gasteiger partial charge < -0.3 is 15.7 Å². The highest BCUT2D eigenvalue weighted by Gasteiger charge is 2.51. The number of urea groups is 1. The third-order valence-corrected chi connectivity index (χ3v) is 6.56. The first-order valence-corrected chi connectivity index (χ1v) is 8.86. The van der Waals surface area contributed by atoms with Crippen molar-refractivity contribution in [3.05, 3.63) is 0 Å². The second-order valence-corrected chi connectivity index (χ2v) is 8.29. The lowest BCUT2D eigenvalue weighted by Gasteiger charge is -2.56. The van der Waals surface area contributed by atoms with Crippen LogP contribution in [0.1, 0.15) is 57.8 Å². The number of nitrogens with one attached hydrogen (secondary N) is 2. The van der Waals surface area contributed by atoms with Crippen LogP contribution in [0.15, 0.2) is 0 Å². The molecule has 5 fully saturated rings. The molecule has 5 aliphatic rings. The molecule has 0 aromatic rings. The van der Waals surface area contributed by atoms with Gasteiger partial charge >= 0.3 is 6.03 Å². The van der Waals surface area contributed by atoms with Crippen molar-refractivity contribution in [2.45, 2.75) is 69.4 Å². The highest BCUT2D eigenvalue weighted by atomic mass is 16.3. The minimum absolute atomic E-state index is 0.00366. The summed E-state index contributed by atoms with van der Waals surface area (Å²) in [5.74, 6) is 2.82. The van der Waals surface area contributed by atoms with Gasteiger partial charge in [0, 0.05) is 18.0 Å². The number of rotatable bonds is 3. The molecule has 0 aliphatic heterocycles. The van der Waals surface area contributed by atoms with Crippen molar-refractivity contribution in [3.8, 4) is 0 Å². The summed E-state index contributed by atoms with van der Waals surface area (Å²) in [6.07, 6.45) is 10.6. The zero-order chi connectivity index (χ0) is 14.4. The van der Waals surface area contributed by atoms with E-state index < -0.39 is 0 Å². The van der Waals surface area contributed by atoms with Crippen molar-refractivity contribution in [3.63, 3.8) is 0 Å². The molecule has 0 saturated heterocycles. The van der Waals surface area contributed by atoms with Crippen LogP contribution in [0.4, 0.5) is 4.79 Å². The first-order valence-electron chi connectivity index (χ1n) is 8.86. The molecular weight excluding hydrogens is 264 g/mol. The quantitative estimate of drug-likeness (QED) is 0.748. The van der Waals surface area contributed by atoms with Crippen molar-refractivity contribution < 1.29 is 9.90 Å². The monoisotopic (exact) mass is 292 g/mol. The predicted octanol–water partition coefficient (Wildman–Crippen LogP) is 2.42. The Balaban J connectivity index is 1.32. The van der Waals surface area contributed by atoms with Crippen LogP contribution in [0, 0.1) is 23.7 Å². The van der Waals surface area contributed by atoms with E-state index in [2.05, 4.69) is 10.6 Å². The highest BCUT2D eigenvalue weighted by molar-refractivity contribution is 5.74. The lowest BCUT2D eigenvalue weighted by molar-refractivity contribution is -0.0136. The Bertz CT molecular complexity index is 388. The fourth-order valence-corrected chi connectivity index (χ4v) is 6.03. The number of aliphatic hydroxyl groups is 1. The van der Waals surface area contributed by atoms with Gasteiger partial charge in [0.15, 0.2) is 0 Å². The van der Waals surface area contributed by atoms with Crippen LogP contribution in [0.5, 0.6) is 0 Å². The Hall–Kier alpha value is -0.770. The molecule has 2 unspecified atom stereocenters. The minimum Gasteiger partial charge on any atom is -0.393 e. The smallest absolute Gasteiger partial charge is 0.315 e. The summed E-state index contributed by atoms with van der Waals surface area (Å²) in [5.41, 5.74) is 0.0904. The molecule has 0 radical (unpaired) electrons. The highest BCUT2D eigenvalue weighted by Crippen LogP contribution is 2.55. The lowest BCUT2D eigenvalue weighted by atomic mass is 9.53. The Labute approximate surface area is 127 Å². The SMILES string of the molecule is O=C(NCC1CCCC1O)NC12CC3CC(CC(C3)C1)C2. The predicted molar refractivity (Wildman–Crippen MR) is 80.8 cm³/mol. The van der Waals surface area contributed by atoms with Crippen LogP contribution >= 0.6 is 0 Å². The van der Waals surface area contributed by atoms with E-state index in [9.17, 15) is 9.90 Å². The second kappa shape index (κ2) is 5.15. The van der Waals surface area contributed by atoms with Crippen molar-refractivity contribution in [1.29, 1.82) is 0 Å². The van der Waals surface area contributed by atoms with Crippen molar-refractivity contribution in [2.24, 2.45) is 23.7 Å². The topological polar surface area (TPSA) is 61.4 Å². The van der Waals surface area contributed by atoms with E-state index in [1.54, 1.807) is 0 Å². The van der Waals surface area contributed by atoms with Crippen LogP contribution in [0.3, 0.4) is 0 Å². The summed E-state index contributed by atoms with van der Waals surface area (Å²) >= 11 is 0. The fraction of sp³-hybridized carbons (Fsp3) is 0.941. The van der Waals surface area contributed by atoms with Gasteiger partial charge in [0.25, 0.3) is 0 Å². The molecule has 4 bridgehead atoms. The Morgan fingerprint density at radius 3 is 2.19 bits per heavy atom. The van der Waals surface area contributed by atoms with Gasteiger partial charge in [0.2, 0.25) is 0 Å². The molecule has 0 heterocycles. The lowest BCUT2D eigenvalue weighted by Crippen LogP contribution is -2.61. The fourth-order valence-electron chi connectivity index (χ4n) is 6.03. The van der Waals surface area contributed by atoms with Crippen LogP contribution in [-0.2, 0) is 0 Å². The molecule has 5 aliphatic carbocycles. The summed E-state index contributed by atoms with van der Waals surface area (Å²) in [6, 6.07) is -0.00366. The molecule has 4 nitrogen and oxygen atoms in total. The van der Waals surface area contributed by atoms with Crippen molar-refractivity contribution in [2.75, 3.05) is 6.54 Å². The molecule has 4 heteroatoms. The average Bonchev–Trinajstić information content (AvgIpc) is 2.79. The Kier molecular flexibility index (Phi) is 3.40. The summed E-state index contributed by atoms with van der Waals surface area (Å²) in [6.45, 7) is 0.624. The van der Waals surface area contributed by atoms with Gasteiger partial charge in [0.1, 0.15) is 0 Å². The third-order valence-electron chi connectivity index (χ3n) is 6.56. The van der Waals surface area contributed by atoms with Gasteiger partial charge in [0.05, 0.1) is 6.10 Å². The number of carbonyl (C=O) groups is 1. The zero-order valence-electron chi connectivity index (χ0n) is 12.8. The third kappa shape index (κ3) is 2.67. The normalized spacial score (nSPS) is 47.6. The van der Waals surface area contributed by atoms with Crippen LogP contribution in [0.25, 0.3) is 0 Å². The molecule has 0 aromatic heterocycles. The van der Waals surface area contributed by atoms with Gasteiger partial charge in [-0.3, -0.25) is 0 Å². The Morgan fingerprint density at radius 1 is 1.05 bits per heavy atom. The second-order valence-electron chi connectivity index (χ2n) is 8.29. The summed E-state index contributed by atoms with van der Waals surface area (Å²) in [5, 5.41) is 16.2. The maximum absolute atomic E-state index is 12.3. The van der Waals surface area contributed by atoms with E-state index in [1.165, 1.54) is 38.5 Å². The van der Waals surface area contributed by atoms with Crippen LogP contribution in [0.2, 0.25) is 0 Å². The first-order chi connectivity index (χ1) is 10.1. The number of hydrogen-bond acceptors (Lipinski definition) is 2. The van der Waals surface area contributed by atoms with Gasteiger partial charge in [-0.05, 0) is 69.1 Å². The van der Waals surface area contributed by atoms with E-state index in [1.807, 2.05) is 0 Å². The number of aliphatic hydroxyl groups excluding tert-OH is 1. The molecule has 3 N–H and O–H groups in total. The van der Waals surface area contributed by atoms with E-state index in [0.717, 1.165) is 37.0 Å². The maximum Gasteiger partial charge on any atom is 0.315 e. The first kappa shape index (κ1) is 13.9. The van der Waals surface area contributed by atoms with Gasteiger partial charge in [-0.15, -0.1) is 0 Å². The van der Waals surface area contributed by atoms with Crippen LogP contribution < -0.4 is 10.6 Å². The van der Waals surface area contributed by atoms with Crippen LogP contribution in [-0.4, -0.2) is 29.3 Å². The minimum atomic E-state index is -0.218. The van der Waals surface area contributed by atoms with E-state index in [0.29, 0.717) is 6.54 Å². The molecule has 5 saturated carbocycles. The summed E-state index contributed by atoms with van der Waals surface area (Å²) in [7, 11) is 0. The summed E-state index contributed by atoms with van der Waals surface area (Å²) < 4.78 is 0. The zero-order valence-corrected chi connectivity index (χ0v) is 12.8. The van der Waals surface area contributed by atoms with Crippen molar-refractivity contribution >= 4 is 6.03 Å². The number of amides is 2. The molecule has 0 aromatic carbocycles. The van der Waals surface area contributed by atoms with E-state index in [4.69, 9.17) is 0 Å². The maximum atomic E-state index is 12.3. The van der Waals surface area contributed by atoms with E-state index in [-0.39, 0.29) is 23.6 Å².